The molecule has 0 aromatic heterocycles. The Bertz CT molecular complexity index is 1450. The highest BCUT2D eigenvalue weighted by Gasteiger charge is 2.05. The molecule has 0 aliphatic rings. The molecule has 0 heterocycles. The highest BCUT2D eigenvalue weighted by atomic mass is 32.1. The highest BCUT2D eigenvalue weighted by molar-refractivity contribution is 7.80. The fraction of sp³-hybridized carbons (Fsp3) is 0.135. The molecule has 38 heavy (non-hydrogen) atoms. The second-order valence-corrected chi connectivity index (χ2v) is 9.81. The van der Waals surface area contributed by atoms with Crippen LogP contribution in [0.5, 0.6) is 0 Å². The molecule has 0 unspecified atom stereocenters. The van der Waals surface area contributed by atoms with Gasteiger partial charge in [-0.15, -0.1) is 12.6 Å². The Morgan fingerprint density at radius 3 is 2.24 bits per heavy atom. The lowest BCUT2D eigenvalue weighted by atomic mass is 9.97. The van der Waals surface area contributed by atoms with E-state index in [0.717, 1.165) is 29.7 Å². The van der Waals surface area contributed by atoms with Gasteiger partial charge in [0.15, 0.2) is 0 Å². The van der Waals surface area contributed by atoms with Crippen molar-refractivity contribution >= 4 is 18.2 Å². The summed E-state index contributed by atoms with van der Waals surface area (Å²) in [5.74, 6) is 0. The van der Waals surface area contributed by atoms with Crippen LogP contribution in [0.3, 0.4) is 0 Å². The van der Waals surface area contributed by atoms with Gasteiger partial charge in [0.05, 0.1) is 0 Å². The number of thiol groups is 1. The van der Waals surface area contributed by atoms with Crippen LogP contribution < -0.4 is 0 Å². The van der Waals surface area contributed by atoms with Crippen molar-refractivity contribution in [2.24, 2.45) is 0 Å². The lowest BCUT2D eigenvalue weighted by Crippen LogP contribution is -1.87. The smallest absolute Gasteiger partial charge is 0.0119 e. The van der Waals surface area contributed by atoms with E-state index < -0.39 is 0 Å². The molecule has 0 bridgehead atoms. The number of benzene rings is 4. The van der Waals surface area contributed by atoms with Crippen LogP contribution in [0.2, 0.25) is 0 Å². The third-order valence-corrected chi connectivity index (χ3v) is 6.88. The molecule has 0 fully saturated rings. The molecule has 4 aromatic rings. The molecule has 1 heteroatoms. The normalized spacial score (nSPS) is 12.2. The van der Waals surface area contributed by atoms with Crippen LogP contribution in [0.4, 0.5) is 0 Å². The zero-order valence-corrected chi connectivity index (χ0v) is 23.2. The Morgan fingerprint density at radius 1 is 0.684 bits per heavy atom. The van der Waals surface area contributed by atoms with E-state index in [1.807, 2.05) is 25.1 Å². The zero-order valence-electron chi connectivity index (χ0n) is 22.3. The molecule has 0 amide bonds. The summed E-state index contributed by atoms with van der Waals surface area (Å²) in [4.78, 5) is 0.997. The van der Waals surface area contributed by atoms with Crippen molar-refractivity contribution in [3.63, 3.8) is 0 Å². The molecule has 4 rings (SSSR count). The molecule has 4 aromatic carbocycles. The van der Waals surface area contributed by atoms with Gasteiger partial charge in [0.25, 0.3) is 0 Å². The van der Waals surface area contributed by atoms with E-state index >= 15 is 0 Å². The largest absolute Gasteiger partial charge is 0.143 e. The minimum atomic E-state index is 0.891. The summed E-state index contributed by atoms with van der Waals surface area (Å²) in [6.07, 6.45) is 18.1. The summed E-state index contributed by atoms with van der Waals surface area (Å²) in [6, 6.07) is 34.8. The first-order valence-corrected chi connectivity index (χ1v) is 13.8. The maximum Gasteiger partial charge on any atom is 0.0119 e. The Balaban J connectivity index is 1.47. The van der Waals surface area contributed by atoms with Crippen molar-refractivity contribution in [1.29, 1.82) is 0 Å². The van der Waals surface area contributed by atoms with Gasteiger partial charge in [-0.2, -0.15) is 0 Å². The summed E-state index contributed by atoms with van der Waals surface area (Å²) in [5, 5.41) is 0. The maximum absolute atomic E-state index is 4.66. The van der Waals surface area contributed by atoms with Gasteiger partial charge in [-0.05, 0) is 82.8 Å². The van der Waals surface area contributed by atoms with Gasteiger partial charge in [-0.25, -0.2) is 0 Å². The van der Waals surface area contributed by atoms with Crippen molar-refractivity contribution in [3.8, 4) is 22.3 Å². The van der Waals surface area contributed by atoms with Crippen LogP contribution in [0.1, 0.15) is 37.0 Å². The van der Waals surface area contributed by atoms with Crippen LogP contribution in [-0.4, -0.2) is 0 Å². The van der Waals surface area contributed by atoms with Gasteiger partial charge < -0.3 is 0 Å². The average Bonchev–Trinajstić information content (AvgIpc) is 2.96. The maximum atomic E-state index is 4.66. The lowest BCUT2D eigenvalue weighted by Gasteiger charge is -2.09. The topological polar surface area (TPSA) is 0 Å². The van der Waals surface area contributed by atoms with E-state index in [-0.39, 0.29) is 0 Å². The number of hydrogen-bond acceptors (Lipinski definition) is 1. The fourth-order valence-electron chi connectivity index (χ4n) is 4.51. The van der Waals surface area contributed by atoms with E-state index in [1.165, 1.54) is 39.0 Å². The monoisotopic (exact) mass is 512 g/mol. The fourth-order valence-corrected chi connectivity index (χ4v) is 4.80. The number of allylic oxidation sites excluding steroid dienone is 8. The van der Waals surface area contributed by atoms with E-state index in [9.17, 15) is 0 Å². The van der Waals surface area contributed by atoms with E-state index in [2.05, 4.69) is 141 Å². The van der Waals surface area contributed by atoms with Gasteiger partial charge >= 0.3 is 0 Å². The summed E-state index contributed by atoms with van der Waals surface area (Å²) in [6.45, 7) is 4.22. The van der Waals surface area contributed by atoms with Crippen LogP contribution in [0.15, 0.2) is 144 Å². The van der Waals surface area contributed by atoms with Gasteiger partial charge in [0.2, 0.25) is 0 Å². The molecule has 0 spiro atoms. The molecular weight excluding hydrogens is 476 g/mol. The standard InChI is InChI=1S/C37H36S/c1-3-5-6-7-14-29-23-25-32(26-24-29)33-18-11-16-30(27-33)15-10-17-31(13-4-2)34-19-12-20-35(28-34)36-21-8-9-22-37(36)38/h3,5-13,16-28,38H,4,14-15H2,1-2H3/b5-3-,7-6-,17-10-,31-13+. The van der Waals surface area contributed by atoms with Crippen molar-refractivity contribution in [3.05, 3.63) is 156 Å². The summed E-state index contributed by atoms with van der Waals surface area (Å²) < 4.78 is 0. The second-order valence-electron chi connectivity index (χ2n) is 9.33. The zero-order chi connectivity index (χ0) is 26.6. The molecule has 0 nitrogen and oxygen atoms in total. The lowest BCUT2D eigenvalue weighted by molar-refractivity contribution is 1.22. The second kappa shape index (κ2) is 14.2. The molecule has 0 atom stereocenters. The van der Waals surface area contributed by atoms with E-state index in [0.29, 0.717) is 0 Å². The van der Waals surface area contributed by atoms with Gasteiger partial charge in [0, 0.05) is 4.90 Å². The highest BCUT2D eigenvalue weighted by Crippen LogP contribution is 2.29. The molecule has 0 saturated heterocycles. The molecule has 0 N–H and O–H groups in total. The third kappa shape index (κ3) is 7.60. The molecule has 0 aliphatic carbocycles. The minimum absolute atomic E-state index is 0.891. The molecular formula is C37H36S. The Hall–Kier alpha value is -3.81. The van der Waals surface area contributed by atoms with Gasteiger partial charge in [-0.3, -0.25) is 0 Å². The summed E-state index contributed by atoms with van der Waals surface area (Å²) >= 11 is 4.66. The number of hydrogen-bond donors (Lipinski definition) is 1. The van der Waals surface area contributed by atoms with Crippen molar-refractivity contribution < 1.29 is 0 Å². The molecule has 190 valence electrons. The Labute approximate surface area is 234 Å². The van der Waals surface area contributed by atoms with Gasteiger partial charge in [0.1, 0.15) is 0 Å². The summed E-state index contributed by atoms with van der Waals surface area (Å²) in [5.41, 5.74) is 9.98. The van der Waals surface area contributed by atoms with Crippen molar-refractivity contribution in [2.75, 3.05) is 0 Å². The predicted octanol–water partition coefficient (Wildman–Crippen LogP) is 10.6. The van der Waals surface area contributed by atoms with Crippen molar-refractivity contribution in [2.45, 2.75) is 38.0 Å². The van der Waals surface area contributed by atoms with Crippen LogP contribution in [0.25, 0.3) is 27.8 Å². The number of rotatable bonds is 10. The predicted molar refractivity (Wildman–Crippen MR) is 170 cm³/mol. The quantitative estimate of drug-likeness (QED) is 0.158. The van der Waals surface area contributed by atoms with E-state index in [1.54, 1.807) is 0 Å². The van der Waals surface area contributed by atoms with Crippen LogP contribution >= 0.6 is 12.6 Å². The van der Waals surface area contributed by atoms with Crippen molar-refractivity contribution in [1.82, 2.24) is 0 Å². The first-order valence-electron chi connectivity index (χ1n) is 13.4. The average molecular weight is 513 g/mol. The Kier molecular flexibility index (Phi) is 10.2. The summed E-state index contributed by atoms with van der Waals surface area (Å²) in [7, 11) is 0. The molecule has 0 saturated carbocycles. The first-order chi connectivity index (χ1) is 18.7. The molecule has 0 aliphatic heterocycles. The Morgan fingerprint density at radius 2 is 1.45 bits per heavy atom. The minimum Gasteiger partial charge on any atom is -0.143 e. The van der Waals surface area contributed by atoms with E-state index in [4.69, 9.17) is 0 Å². The van der Waals surface area contributed by atoms with Gasteiger partial charge in [-0.1, -0.05) is 134 Å². The van der Waals surface area contributed by atoms with Crippen LogP contribution in [0, 0.1) is 0 Å². The van der Waals surface area contributed by atoms with Crippen LogP contribution in [-0.2, 0) is 12.8 Å². The first kappa shape index (κ1) is 27.2. The SMILES string of the molecule is C/C=C\C=C/Cc1ccc(-c2cccc(C/C=C\C(=C/CC)c3cccc(-c4ccccc4S)c3)c2)cc1. The molecule has 0 radical (unpaired) electrons. The third-order valence-electron chi connectivity index (χ3n) is 6.49.